The number of nitrogens with zero attached hydrogens (tertiary/aromatic N) is 3. The van der Waals surface area contributed by atoms with Crippen LogP contribution in [0, 0.1) is 5.82 Å². The average Bonchev–Trinajstić information content (AvgIpc) is 2.61. The van der Waals surface area contributed by atoms with Crippen LogP contribution in [0.1, 0.15) is 0 Å². The molecule has 4 nitrogen and oxygen atoms in total. The molecule has 78 valence electrons. The van der Waals surface area contributed by atoms with Crippen molar-refractivity contribution in [1.82, 2.24) is 14.8 Å². The highest BCUT2D eigenvalue weighted by atomic mass is 19.1. The van der Waals surface area contributed by atoms with E-state index in [1.807, 2.05) is 0 Å². The van der Waals surface area contributed by atoms with Crippen molar-refractivity contribution in [3.8, 4) is 11.4 Å². The van der Waals surface area contributed by atoms with Gasteiger partial charge in [-0.3, -0.25) is 0 Å². The predicted molar refractivity (Wildman–Crippen MR) is 55.9 cm³/mol. The Morgan fingerprint density at radius 2 is 1.93 bits per heavy atom. The van der Waals surface area contributed by atoms with E-state index in [-0.39, 0.29) is 5.82 Å². The molecule has 0 amide bonds. The lowest BCUT2D eigenvalue weighted by Crippen LogP contribution is -1.95. The molecule has 0 bridgehead atoms. The van der Waals surface area contributed by atoms with Crippen molar-refractivity contribution in [1.29, 1.82) is 0 Å². The number of hydrogen-bond acceptors (Lipinski definition) is 3. The number of aromatic nitrogens is 3. The van der Waals surface area contributed by atoms with E-state index < -0.39 is 0 Å². The van der Waals surface area contributed by atoms with Gasteiger partial charge in [-0.2, -0.15) is 4.98 Å². The van der Waals surface area contributed by atoms with Gasteiger partial charge in [0.25, 0.3) is 0 Å². The Morgan fingerprint density at radius 3 is 2.47 bits per heavy atom. The third-order valence-corrected chi connectivity index (χ3v) is 2.09. The van der Waals surface area contributed by atoms with Crippen molar-refractivity contribution in [2.45, 2.75) is 0 Å². The third kappa shape index (κ3) is 1.81. The van der Waals surface area contributed by atoms with Gasteiger partial charge in [0, 0.05) is 19.7 Å². The van der Waals surface area contributed by atoms with Crippen LogP contribution in [0.15, 0.2) is 24.3 Å². The Kier molecular flexibility index (Phi) is 2.37. The van der Waals surface area contributed by atoms with Gasteiger partial charge in [-0.05, 0) is 24.3 Å². The molecule has 0 unspecified atom stereocenters. The van der Waals surface area contributed by atoms with Crippen LogP contribution in [0.25, 0.3) is 11.4 Å². The van der Waals surface area contributed by atoms with Crippen LogP contribution in [-0.2, 0) is 7.05 Å². The average molecular weight is 206 g/mol. The van der Waals surface area contributed by atoms with E-state index in [1.54, 1.807) is 30.9 Å². The Bertz CT molecular complexity index is 461. The molecule has 2 rings (SSSR count). The molecule has 0 atom stereocenters. The molecule has 1 aromatic heterocycles. The molecule has 0 saturated heterocycles. The maximum absolute atomic E-state index is 12.7. The summed E-state index contributed by atoms with van der Waals surface area (Å²) in [7, 11) is 3.55. The Morgan fingerprint density at radius 1 is 1.27 bits per heavy atom. The molecule has 0 spiro atoms. The Labute approximate surface area is 86.8 Å². The number of rotatable bonds is 2. The van der Waals surface area contributed by atoms with Gasteiger partial charge in [0.1, 0.15) is 5.82 Å². The van der Waals surface area contributed by atoms with Crippen LogP contribution in [0.5, 0.6) is 0 Å². The van der Waals surface area contributed by atoms with Gasteiger partial charge in [0.05, 0.1) is 0 Å². The van der Waals surface area contributed by atoms with Crippen LogP contribution in [0.4, 0.5) is 10.3 Å². The van der Waals surface area contributed by atoms with E-state index in [0.29, 0.717) is 11.8 Å². The molecular weight excluding hydrogens is 195 g/mol. The maximum Gasteiger partial charge on any atom is 0.242 e. The summed E-state index contributed by atoms with van der Waals surface area (Å²) >= 11 is 0. The third-order valence-electron chi connectivity index (χ3n) is 2.09. The number of benzene rings is 1. The zero-order valence-corrected chi connectivity index (χ0v) is 8.53. The largest absolute Gasteiger partial charge is 0.356 e. The van der Waals surface area contributed by atoms with E-state index in [1.165, 1.54) is 12.1 Å². The summed E-state index contributed by atoms with van der Waals surface area (Å²) < 4.78 is 14.4. The molecule has 1 heterocycles. The molecule has 0 radical (unpaired) electrons. The SMILES string of the molecule is CNc1nc(-c2ccc(F)cc2)n(C)n1. The minimum Gasteiger partial charge on any atom is -0.356 e. The monoisotopic (exact) mass is 206 g/mol. The van der Waals surface area contributed by atoms with E-state index >= 15 is 0 Å². The van der Waals surface area contributed by atoms with E-state index in [4.69, 9.17) is 0 Å². The summed E-state index contributed by atoms with van der Waals surface area (Å²) in [6.07, 6.45) is 0. The first kappa shape index (κ1) is 9.64. The van der Waals surface area contributed by atoms with Crippen molar-refractivity contribution in [3.63, 3.8) is 0 Å². The second kappa shape index (κ2) is 3.68. The lowest BCUT2D eigenvalue weighted by Gasteiger charge is -1.98. The van der Waals surface area contributed by atoms with Crippen molar-refractivity contribution in [3.05, 3.63) is 30.1 Å². The first-order valence-electron chi connectivity index (χ1n) is 4.55. The molecule has 5 heteroatoms. The molecule has 0 saturated carbocycles. The predicted octanol–water partition coefficient (Wildman–Crippen LogP) is 1.66. The highest BCUT2D eigenvalue weighted by Gasteiger charge is 2.07. The minimum atomic E-state index is -0.255. The Hall–Kier alpha value is -1.91. The van der Waals surface area contributed by atoms with Gasteiger partial charge in [-0.25, -0.2) is 9.07 Å². The summed E-state index contributed by atoms with van der Waals surface area (Å²) in [6.45, 7) is 0. The van der Waals surface area contributed by atoms with Crippen molar-refractivity contribution in [2.24, 2.45) is 7.05 Å². The topological polar surface area (TPSA) is 42.7 Å². The van der Waals surface area contributed by atoms with Gasteiger partial charge in [0.2, 0.25) is 5.95 Å². The summed E-state index contributed by atoms with van der Waals surface area (Å²) in [5.74, 6) is 1.01. The molecule has 0 fully saturated rings. The highest BCUT2D eigenvalue weighted by molar-refractivity contribution is 5.56. The van der Waals surface area contributed by atoms with Crippen LogP contribution >= 0.6 is 0 Å². The highest BCUT2D eigenvalue weighted by Crippen LogP contribution is 2.17. The number of anilines is 1. The van der Waals surface area contributed by atoms with Crippen LogP contribution in [-0.4, -0.2) is 21.8 Å². The first-order valence-corrected chi connectivity index (χ1v) is 4.55. The fourth-order valence-electron chi connectivity index (χ4n) is 1.34. The molecule has 1 aromatic carbocycles. The minimum absolute atomic E-state index is 0.255. The van der Waals surface area contributed by atoms with Crippen LogP contribution < -0.4 is 5.32 Å². The second-order valence-electron chi connectivity index (χ2n) is 3.14. The summed E-state index contributed by atoms with van der Waals surface area (Å²) in [5, 5.41) is 6.98. The van der Waals surface area contributed by atoms with Crippen molar-refractivity contribution < 1.29 is 4.39 Å². The summed E-state index contributed by atoms with van der Waals surface area (Å²) in [4.78, 5) is 4.25. The lowest BCUT2D eigenvalue weighted by atomic mass is 10.2. The van der Waals surface area contributed by atoms with E-state index in [2.05, 4.69) is 15.4 Å². The molecule has 2 aromatic rings. The molecule has 0 aliphatic heterocycles. The Balaban J connectivity index is 2.44. The van der Waals surface area contributed by atoms with E-state index in [0.717, 1.165) is 5.56 Å². The zero-order valence-electron chi connectivity index (χ0n) is 8.53. The smallest absolute Gasteiger partial charge is 0.242 e. The van der Waals surface area contributed by atoms with Crippen LogP contribution in [0.3, 0.4) is 0 Å². The number of aryl methyl sites for hydroxylation is 1. The molecule has 1 N–H and O–H groups in total. The van der Waals surface area contributed by atoms with Gasteiger partial charge in [-0.1, -0.05) is 0 Å². The van der Waals surface area contributed by atoms with Gasteiger partial charge < -0.3 is 5.32 Å². The quantitative estimate of drug-likeness (QED) is 0.812. The number of hydrogen-bond donors (Lipinski definition) is 1. The molecule has 15 heavy (non-hydrogen) atoms. The van der Waals surface area contributed by atoms with Gasteiger partial charge in [0.15, 0.2) is 5.82 Å². The maximum atomic E-state index is 12.7. The normalized spacial score (nSPS) is 10.3. The second-order valence-corrected chi connectivity index (χ2v) is 3.14. The number of nitrogens with one attached hydrogen (secondary N) is 1. The molecule has 0 aliphatic rings. The van der Waals surface area contributed by atoms with Gasteiger partial charge in [-0.15, -0.1) is 5.10 Å². The first-order chi connectivity index (χ1) is 7.20. The fraction of sp³-hybridized carbons (Fsp3) is 0.200. The number of halogens is 1. The van der Waals surface area contributed by atoms with E-state index in [9.17, 15) is 4.39 Å². The summed E-state index contributed by atoms with van der Waals surface area (Å²) in [5.41, 5.74) is 0.841. The van der Waals surface area contributed by atoms with Crippen molar-refractivity contribution in [2.75, 3.05) is 12.4 Å². The molecule has 0 aliphatic carbocycles. The molecular formula is C10H11FN4. The lowest BCUT2D eigenvalue weighted by molar-refractivity contribution is 0.628. The van der Waals surface area contributed by atoms with Gasteiger partial charge >= 0.3 is 0 Å². The fourth-order valence-corrected chi connectivity index (χ4v) is 1.34. The summed E-state index contributed by atoms with van der Waals surface area (Å²) in [6, 6.07) is 6.17. The standard InChI is InChI=1S/C10H11FN4/c1-12-10-13-9(15(2)14-10)7-3-5-8(11)6-4-7/h3-6H,1-2H3,(H,12,14). The van der Waals surface area contributed by atoms with Crippen molar-refractivity contribution >= 4 is 5.95 Å². The van der Waals surface area contributed by atoms with Crippen LogP contribution in [0.2, 0.25) is 0 Å². The zero-order chi connectivity index (χ0) is 10.8.